The molecule has 3 rings (SSSR count). The van der Waals surface area contributed by atoms with Gasteiger partial charge in [-0.2, -0.15) is 0 Å². The molecule has 2 aliphatic rings. The van der Waals surface area contributed by atoms with Crippen molar-refractivity contribution in [1.29, 1.82) is 0 Å². The molecule has 1 fully saturated rings. The summed E-state index contributed by atoms with van der Waals surface area (Å²) in [6.07, 6.45) is 13.0. The summed E-state index contributed by atoms with van der Waals surface area (Å²) in [6.45, 7) is 4.22. The summed E-state index contributed by atoms with van der Waals surface area (Å²) in [4.78, 5) is 4.66. The largest absolute Gasteiger partial charge is 0.320 e. The number of hydrogen-bond donors (Lipinski definition) is 1. The van der Waals surface area contributed by atoms with Crippen LogP contribution in [-0.2, 0) is 6.42 Å². The van der Waals surface area contributed by atoms with Gasteiger partial charge in [0.25, 0.3) is 0 Å². The van der Waals surface area contributed by atoms with E-state index in [9.17, 15) is 0 Å². The molecule has 1 aromatic carbocycles. The zero-order chi connectivity index (χ0) is 16.3. The van der Waals surface area contributed by atoms with Crippen molar-refractivity contribution in [1.82, 2.24) is 5.32 Å². The van der Waals surface area contributed by atoms with E-state index in [1.807, 2.05) is 7.05 Å². The van der Waals surface area contributed by atoms with Crippen LogP contribution in [0.5, 0.6) is 0 Å². The van der Waals surface area contributed by atoms with Gasteiger partial charge >= 0.3 is 0 Å². The molecule has 0 aliphatic heterocycles. The summed E-state index contributed by atoms with van der Waals surface area (Å²) in [7, 11) is 1.93. The average molecular weight is 315 g/mol. The SMILES string of the molecule is C(CCC1Cc2ccccc21)=NCC1CCCCC1.CCNC. The third-order valence-electron chi connectivity index (χ3n) is 5.18. The molecule has 128 valence electrons. The van der Waals surface area contributed by atoms with Crippen LogP contribution in [-0.4, -0.2) is 26.4 Å². The molecule has 0 bridgehead atoms. The molecule has 1 aromatic rings. The lowest BCUT2D eigenvalue weighted by atomic mass is 9.75. The second-order valence-electron chi connectivity index (χ2n) is 6.94. The maximum Gasteiger partial charge on any atom is 0.0413 e. The Balaban J connectivity index is 0.000000433. The first-order valence-electron chi connectivity index (χ1n) is 9.55. The van der Waals surface area contributed by atoms with Gasteiger partial charge in [0.15, 0.2) is 0 Å². The molecular weight excluding hydrogens is 280 g/mol. The Bertz CT molecular complexity index is 459. The highest BCUT2D eigenvalue weighted by Crippen LogP contribution is 2.37. The third kappa shape index (κ3) is 6.10. The minimum Gasteiger partial charge on any atom is -0.320 e. The van der Waals surface area contributed by atoms with Crippen molar-refractivity contribution < 1.29 is 0 Å². The number of nitrogens with zero attached hydrogens (tertiary/aromatic N) is 1. The zero-order valence-electron chi connectivity index (χ0n) is 15.1. The summed E-state index contributed by atoms with van der Waals surface area (Å²) < 4.78 is 0. The van der Waals surface area contributed by atoms with E-state index >= 15 is 0 Å². The van der Waals surface area contributed by atoms with Gasteiger partial charge in [-0.25, -0.2) is 0 Å². The molecule has 23 heavy (non-hydrogen) atoms. The Kier molecular flexibility index (Phi) is 8.38. The van der Waals surface area contributed by atoms with Crippen molar-refractivity contribution in [2.24, 2.45) is 10.9 Å². The average Bonchev–Trinajstić information content (AvgIpc) is 2.59. The van der Waals surface area contributed by atoms with E-state index in [1.165, 1.54) is 44.9 Å². The van der Waals surface area contributed by atoms with Gasteiger partial charge in [-0.3, -0.25) is 4.99 Å². The van der Waals surface area contributed by atoms with Crippen LogP contribution in [0.1, 0.15) is 68.9 Å². The monoisotopic (exact) mass is 314 g/mol. The van der Waals surface area contributed by atoms with E-state index in [1.54, 1.807) is 11.1 Å². The van der Waals surface area contributed by atoms with Gasteiger partial charge in [-0.05, 0) is 74.9 Å². The van der Waals surface area contributed by atoms with Gasteiger partial charge in [0.05, 0.1) is 0 Å². The fourth-order valence-electron chi connectivity index (χ4n) is 3.58. The van der Waals surface area contributed by atoms with Crippen LogP contribution < -0.4 is 5.32 Å². The van der Waals surface area contributed by atoms with E-state index in [0.29, 0.717) is 0 Å². The molecule has 0 amide bonds. The molecule has 0 saturated heterocycles. The first-order valence-corrected chi connectivity index (χ1v) is 9.55. The van der Waals surface area contributed by atoms with E-state index in [2.05, 4.69) is 47.7 Å². The highest BCUT2D eigenvalue weighted by Gasteiger charge is 2.24. The molecule has 1 unspecified atom stereocenters. The molecule has 0 radical (unpaired) electrons. The molecule has 2 heteroatoms. The van der Waals surface area contributed by atoms with Gasteiger partial charge in [-0.1, -0.05) is 50.5 Å². The van der Waals surface area contributed by atoms with Crippen LogP contribution in [0.3, 0.4) is 0 Å². The molecule has 0 aromatic heterocycles. The highest BCUT2D eigenvalue weighted by molar-refractivity contribution is 5.57. The second kappa shape index (κ2) is 10.6. The molecule has 1 atom stereocenters. The number of rotatable bonds is 6. The van der Waals surface area contributed by atoms with Crippen molar-refractivity contribution in [3.63, 3.8) is 0 Å². The maximum absolute atomic E-state index is 4.66. The maximum atomic E-state index is 4.66. The lowest BCUT2D eigenvalue weighted by Gasteiger charge is -2.29. The van der Waals surface area contributed by atoms with E-state index in [4.69, 9.17) is 0 Å². The third-order valence-corrected chi connectivity index (χ3v) is 5.18. The smallest absolute Gasteiger partial charge is 0.0413 e. The van der Waals surface area contributed by atoms with E-state index < -0.39 is 0 Å². The lowest BCUT2D eigenvalue weighted by Crippen LogP contribution is -2.16. The molecule has 0 heterocycles. The minimum atomic E-state index is 0.803. The molecule has 2 aliphatic carbocycles. The van der Waals surface area contributed by atoms with Crippen LogP contribution >= 0.6 is 0 Å². The summed E-state index contributed by atoms with van der Waals surface area (Å²) in [5.74, 6) is 1.69. The van der Waals surface area contributed by atoms with Crippen LogP contribution in [0.4, 0.5) is 0 Å². The number of nitrogens with one attached hydrogen (secondary N) is 1. The van der Waals surface area contributed by atoms with Crippen LogP contribution in [0.2, 0.25) is 0 Å². The number of benzene rings is 1. The first kappa shape index (κ1) is 18.2. The fraction of sp³-hybridized carbons (Fsp3) is 0.667. The van der Waals surface area contributed by atoms with Gasteiger partial charge < -0.3 is 5.32 Å². The van der Waals surface area contributed by atoms with Gasteiger partial charge in [0, 0.05) is 6.54 Å². The number of hydrogen-bond acceptors (Lipinski definition) is 2. The van der Waals surface area contributed by atoms with Gasteiger partial charge in [0.2, 0.25) is 0 Å². The van der Waals surface area contributed by atoms with Crippen molar-refractivity contribution >= 4 is 6.21 Å². The zero-order valence-corrected chi connectivity index (χ0v) is 15.1. The molecular formula is C21H34N2. The Labute approximate surface area is 142 Å². The Morgan fingerprint density at radius 1 is 1.17 bits per heavy atom. The lowest BCUT2D eigenvalue weighted by molar-refractivity contribution is 0.367. The predicted octanol–water partition coefficient (Wildman–Crippen LogP) is 4.98. The van der Waals surface area contributed by atoms with Crippen molar-refractivity contribution in [2.75, 3.05) is 20.1 Å². The topological polar surface area (TPSA) is 24.4 Å². The van der Waals surface area contributed by atoms with Gasteiger partial charge in [0.1, 0.15) is 0 Å². The van der Waals surface area contributed by atoms with E-state index in [-0.39, 0.29) is 0 Å². The van der Waals surface area contributed by atoms with Crippen LogP contribution in [0.25, 0.3) is 0 Å². The van der Waals surface area contributed by atoms with Crippen LogP contribution in [0.15, 0.2) is 29.3 Å². The van der Waals surface area contributed by atoms with Crippen LogP contribution in [0, 0.1) is 5.92 Å². The second-order valence-corrected chi connectivity index (χ2v) is 6.94. The van der Waals surface area contributed by atoms with Crippen molar-refractivity contribution in [3.8, 4) is 0 Å². The molecule has 1 N–H and O–H groups in total. The fourth-order valence-corrected chi connectivity index (χ4v) is 3.58. The standard InChI is InChI=1S/C18H25N.C3H9N/c1-2-7-15(8-3-1)14-19-12-6-10-17-13-16-9-4-5-11-18(16)17;1-3-4-2/h4-5,9,11-12,15,17H,1-3,6-8,10,13-14H2;4H,3H2,1-2H3. The number of aliphatic imine (C=N–C) groups is 1. The van der Waals surface area contributed by atoms with Crippen molar-refractivity contribution in [2.45, 2.75) is 64.2 Å². The molecule has 1 saturated carbocycles. The highest BCUT2D eigenvalue weighted by atomic mass is 14.8. The quantitative estimate of drug-likeness (QED) is 0.735. The Hall–Kier alpha value is -1.15. The summed E-state index contributed by atoms with van der Waals surface area (Å²) in [5, 5.41) is 2.93. The molecule has 2 nitrogen and oxygen atoms in total. The summed E-state index contributed by atoms with van der Waals surface area (Å²) in [6, 6.07) is 8.88. The van der Waals surface area contributed by atoms with Gasteiger partial charge in [-0.15, -0.1) is 0 Å². The van der Waals surface area contributed by atoms with E-state index in [0.717, 1.165) is 31.3 Å². The summed E-state index contributed by atoms with van der Waals surface area (Å²) in [5.41, 5.74) is 3.15. The minimum absolute atomic E-state index is 0.803. The number of fused-ring (bicyclic) bond motifs is 1. The molecule has 0 spiro atoms. The Morgan fingerprint density at radius 3 is 2.61 bits per heavy atom. The predicted molar refractivity (Wildman–Crippen MR) is 102 cm³/mol. The first-order chi connectivity index (χ1) is 11.3. The van der Waals surface area contributed by atoms with Crippen molar-refractivity contribution in [3.05, 3.63) is 35.4 Å². The normalized spacial score (nSPS) is 20.5. The summed E-state index contributed by atoms with van der Waals surface area (Å²) >= 11 is 0. The Morgan fingerprint density at radius 2 is 1.91 bits per heavy atom.